The van der Waals surface area contributed by atoms with Crippen LogP contribution in [-0.2, 0) is 4.79 Å². The van der Waals surface area contributed by atoms with Crippen molar-refractivity contribution in [2.75, 3.05) is 0 Å². The molecule has 8 heavy (non-hydrogen) atoms. The molecule has 0 aromatic heterocycles. The zero-order chi connectivity index (χ0) is 6.15. The smallest absolute Gasteiger partial charge is 0.220 e. The summed E-state index contributed by atoms with van der Waals surface area (Å²) in [5.74, 6) is -0.128. The maximum atomic E-state index is 10.3. The molecule has 0 radical (unpaired) electrons. The Kier molecular flexibility index (Phi) is 1.21. The number of carbonyl (C=O) groups is 1. The fourth-order valence-corrected chi connectivity index (χ4v) is 0.894. The van der Waals surface area contributed by atoms with Crippen LogP contribution in [0.4, 0.5) is 0 Å². The molecule has 1 amide bonds. The van der Waals surface area contributed by atoms with E-state index in [-0.39, 0.29) is 17.9 Å². The van der Waals surface area contributed by atoms with Gasteiger partial charge in [-0.25, -0.2) is 0 Å². The van der Waals surface area contributed by atoms with Gasteiger partial charge in [0, 0.05) is 12.0 Å². The van der Waals surface area contributed by atoms with E-state index in [4.69, 9.17) is 11.5 Å². The van der Waals surface area contributed by atoms with E-state index >= 15 is 0 Å². The summed E-state index contributed by atoms with van der Waals surface area (Å²) in [6.07, 6.45) is 1.57. The van der Waals surface area contributed by atoms with Gasteiger partial charge in [-0.3, -0.25) is 4.79 Å². The lowest BCUT2D eigenvalue weighted by molar-refractivity contribution is -0.124. The molecule has 0 aromatic carbocycles. The monoisotopic (exact) mass is 114 g/mol. The highest BCUT2D eigenvalue weighted by Gasteiger charge is 2.29. The third-order valence-electron chi connectivity index (χ3n) is 1.58. The summed E-state index contributed by atoms with van der Waals surface area (Å²) in [7, 11) is 0. The van der Waals surface area contributed by atoms with Crippen LogP contribution in [0.5, 0.6) is 0 Å². The van der Waals surface area contributed by atoms with Gasteiger partial charge in [0.2, 0.25) is 5.91 Å². The molecule has 1 aliphatic rings. The molecular formula is C5H10N2O. The van der Waals surface area contributed by atoms with Crippen molar-refractivity contribution in [3.05, 3.63) is 0 Å². The second-order valence-corrected chi connectivity index (χ2v) is 2.33. The first-order valence-electron chi connectivity index (χ1n) is 2.75. The van der Waals surface area contributed by atoms with Gasteiger partial charge in [0.25, 0.3) is 0 Å². The van der Waals surface area contributed by atoms with Crippen LogP contribution >= 0.6 is 0 Å². The molecule has 0 aromatic rings. The topological polar surface area (TPSA) is 69.1 Å². The van der Waals surface area contributed by atoms with Crippen molar-refractivity contribution in [3.8, 4) is 0 Å². The van der Waals surface area contributed by atoms with Crippen molar-refractivity contribution >= 4 is 5.91 Å². The van der Waals surface area contributed by atoms with Crippen molar-refractivity contribution in [3.63, 3.8) is 0 Å². The van der Waals surface area contributed by atoms with Gasteiger partial charge in [-0.1, -0.05) is 0 Å². The Hall–Kier alpha value is -0.570. The van der Waals surface area contributed by atoms with Gasteiger partial charge >= 0.3 is 0 Å². The molecule has 0 spiro atoms. The van der Waals surface area contributed by atoms with Gasteiger partial charge in [0.05, 0.1) is 0 Å². The van der Waals surface area contributed by atoms with Gasteiger partial charge in [0.1, 0.15) is 0 Å². The van der Waals surface area contributed by atoms with E-state index in [1.165, 1.54) is 0 Å². The van der Waals surface area contributed by atoms with Crippen LogP contribution in [0.2, 0.25) is 0 Å². The van der Waals surface area contributed by atoms with Crippen LogP contribution in [0.1, 0.15) is 12.8 Å². The second-order valence-electron chi connectivity index (χ2n) is 2.33. The standard InChI is InChI=1S/C5H10N2O/c6-4-1-3(2-4)5(7)8/h3-4H,1-2,6H2,(H2,7,8). The predicted molar refractivity (Wildman–Crippen MR) is 29.9 cm³/mol. The first-order chi connectivity index (χ1) is 3.70. The van der Waals surface area contributed by atoms with E-state index in [1.807, 2.05) is 0 Å². The van der Waals surface area contributed by atoms with Gasteiger partial charge in [0.15, 0.2) is 0 Å². The zero-order valence-electron chi connectivity index (χ0n) is 4.63. The summed E-state index contributed by atoms with van der Waals surface area (Å²) in [6.45, 7) is 0. The number of hydrogen-bond acceptors (Lipinski definition) is 2. The van der Waals surface area contributed by atoms with Crippen LogP contribution in [0, 0.1) is 5.92 Å². The van der Waals surface area contributed by atoms with Crippen LogP contribution < -0.4 is 11.5 Å². The molecule has 1 aliphatic carbocycles. The van der Waals surface area contributed by atoms with Gasteiger partial charge < -0.3 is 11.5 Å². The average molecular weight is 114 g/mol. The molecule has 0 bridgehead atoms. The molecule has 1 fully saturated rings. The number of nitrogens with two attached hydrogens (primary N) is 2. The fourth-order valence-electron chi connectivity index (χ4n) is 0.894. The van der Waals surface area contributed by atoms with Gasteiger partial charge in [-0.15, -0.1) is 0 Å². The molecule has 0 atom stereocenters. The maximum absolute atomic E-state index is 10.3. The number of rotatable bonds is 1. The first-order valence-corrected chi connectivity index (χ1v) is 2.75. The molecule has 1 saturated carbocycles. The minimum absolute atomic E-state index is 0.0741. The van der Waals surface area contributed by atoms with Gasteiger partial charge in [-0.2, -0.15) is 0 Å². The van der Waals surface area contributed by atoms with Gasteiger partial charge in [-0.05, 0) is 12.8 Å². The molecule has 0 heterocycles. The van der Waals surface area contributed by atoms with E-state index in [9.17, 15) is 4.79 Å². The Morgan fingerprint density at radius 2 is 2.00 bits per heavy atom. The van der Waals surface area contributed by atoms with E-state index in [2.05, 4.69) is 0 Å². The molecule has 46 valence electrons. The summed E-state index contributed by atoms with van der Waals surface area (Å²) >= 11 is 0. The molecule has 0 aliphatic heterocycles. The molecule has 0 saturated heterocycles. The Morgan fingerprint density at radius 3 is 2.12 bits per heavy atom. The number of amides is 1. The largest absolute Gasteiger partial charge is 0.369 e. The first kappa shape index (κ1) is 5.56. The third-order valence-corrected chi connectivity index (χ3v) is 1.58. The van der Waals surface area contributed by atoms with E-state index in [1.54, 1.807) is 0 Å². The SMILES string of the molecule is NC(=O)C1CC(N)C1. The molecule has 3 heteroatoms. The van der Waals surface area contributed by atoms with E-state index in [0.717, 1.165) is 12.8 Å². The van der Waals surface area contributed by atoms with Crippen molar-refractivity contribution in [2.45, 2.75) is 18.9 Å². The Labute approximate surface area is 48.0 Å². The van der Waals surface area contributed by atoms with Crippen LogP contribution in [0.15, 0.2) is 0 Å². The summed E-state index contributed by atoms with van der Waals surface area (Å²) in [4.78, 5) is 10.3. The molecular weight excluding hydrogens is 104 g/mol. The summed E-state index contributed by atoms with van der Waals surface area (Å²) in [5, 5.41) is 0. The predicted octanol–water partition coefficient (Wildman–Crippen LogP) is -0.791. The second kappa shape index (κ2) is 1.74. The number of hydrogen-bond donors (Lipinski definition) is 2. The van der Waals surface area contributed by atoms with E-state index in [0.29, 0.717) is 0 Å². The summed E-state index contributed by atoms with van der Waals surface area (Å²) in [6, 6.07) is 0.229. The average Bonchev–Trinajstić information content (AvgIpc) is 1.57. The minimum atomic E-state index is -0.202. The minimum Gasteiger partial charge on any atom is -0.369 e. The molecule has 0 unspecified atom stereocenters. The van der Waals surface area contributed by atoms with Crippen molar-refractivity contribution in [2.24, 2.45) is 17.4 Å². The Bertz CT molecular complexity index is 107. The van der Waals surface area contributed by atoms with Crippen molar-refractivity contribution < 1.29 is 4.79 Å². The molecule has 3 nitrogen and oxygen atoms in total. The summed E-state index contributed by atoms with van der Waals surface area (Å²) < 4.78 is 0. The highest BCUT2D eigenvalue weighted by molar-refractivity contribution is 5.77. The lowest BCUT2D eigenvalue weighted by Gasteiger charge is -2.29. The number of primary amides is 1. The number of carbonyl (C=O) groups excluding carboxylic acids is 1. The van der Waals surface area contributed by atoms with Crippen molar-refractivity contribution in [1.29, 1.82) is 0 Å². The van der Waals surface area contributed by atoms with Crippen molar-refractivity contribution in [1.82, 2.24) is 0 Å². The fraction of sp³-hybridized carbons (Fsp3) is 0.800. The summed E-state index contributed by atoms with van der Waals surface area (Å²) in [5.41, 5.74) is 10.4. The quantitative estimate of drug-likeness (QED) is 0.469. The molecule has 4 N–H and O–H groups in total. The van der Waals surface area contributed by atoms with Crippen LogP contribution in [0.25, 0.3) is 0 Å². The van der Waals surface area contributed by atoms with E-state index < -0.39 is 0 Å². The third kappa shape index (κ3) is 0.816. The normalized spacial score (nSPS) is 36.1. The Morgan fingerprint density at radius 1 is 1.50 bits per heavy atom. The zero-order valence-corrected chi connectivity index (χ0v) is 4.63. The maximum Gasteiger partial charge on any atom is 0.220 e. The lowest BCUT2D eigenvalue weighted by atomic mass is 9.80. The highest BCUT2D eigenvalue weighted by atomic mass is 16.1. The Balaban J connectivity index is 2.25. The van der Waals surface area contributed by atoms with Crippen LogP contribution in [0.3, 0.4) is 0 Å². The molecule has 1 rings (SSSR count). The lowest BCUT2D eigenvalue weighted by Crippen LogP contribution is -2.42. The highest BCUT2D eigenvalue weighted by Crippen LogP contribution is 2.24. The van der Waals surface area contributed by atoms with Crippen LogP contribution in [-0.4, -0.2) is 11.9 Å².